The van der Waals surface area contributed by atoms with Gasteiger partial charge in [-0.1, -0.05) is 6.07 Å². The first-order chi connectivity index (χ1) is 7.84. The molecule has 17 heavy (non-hydrogen) atoms. The van der Waals surface area contributed by atoms with E-state index in [-0.39, 0.29) is 12.0 Å². The van der Waals surface area contributed by atoms with Crippen molar-refractivity contribution in [1.29, 1.82) is 0 Å². The van der Waals surface area contributed by atoms with Crippen LogP contribution in [0.1, 0.15) is 15.9 Å². The predicted molar refractivity (Wildman–Crippen MR) is 68.1 cm³/mol. The molecule has 0 heterocycles. The predicted octanol–water partition coefficient (Wildman–Crippen LogP) is 1.86. The Morgan fingerprint density at radius 1 is 1.29 bits per heavy atom. The summed E-state index contributed by atoms with van der Waals surface area (Å²) in [6, 6.07) is 2.12. The monoisotopic (exact) mass is 365 g/mol. The molecule has 92 valence electrons. The van der Waals surface area contributed by atoms with Gasteiger partial charge in [-0.3, -0.25) is 4.79 Å². The summed E-state index contributed by atoms with van der Waals surface area (Å²) in [5.41, 5.74) is 6.00. The Morgan fingerprint density at radius 3 is 2.35 bits per heavy atom. The quantitative estimate of drug-likeness (QED) is 0.755. The van der Waals surface area contributed by atoms with Crippen LogP contribution in [0, 0.1) is 0 Å². The van der Waals surface area contributed by atoms with Gasteiger partial charge in [-0.2, -0.15) is 0 Å². The van der Waals surface area contributed by atoms with Crippen LogP contribution in [0.4, 0.5) is 0 Å². The van der Waals surface area contributed by atoms with E-state index in [1.165, 1.54) is 0 Å². The van der Waals surface area contributed by atoms with Crippen molar-refractivity contribution >= 4 is 43.8 Å². The molecule has 0 amide bonds. The third-order valence-corrected chi connectivity index (χ3v) is 3.71. The van der Waals surface area contributed by atoms with Crippen LogP contribution >= 0.6 is 31.9 Å². The van der Waals surface area contributed by atoms with Gasteiger partial charge in [-0.15, -0.1) is 0 Å². The highest BCUT2D eigenvalue weighted by molar-refractivity contribution is 9.11. The summed E-state index contributed by atoms with van der Waals surface area (Å²) in [7, 11) is 0. The molecular formula is C10H9Br2NO4. The Balaban J connectivity index is 3.15. The third-order valence-electron chi connectivity index (χ3n) is 2.14. The Labute approximate surface area is 114 Å². The number of hydrogen-bond acceptors (Lipinski definition) is 3. The molecule has 1 atom stereocenters. The van der Waals surface area contributed by atoms with Crippen molar-refractivity contribution in [3.63, 3.8) is 0 Å². The van der Waals surface area contributed by atoms with E-state index in [9.17, 15) is 9.59 Å². The molecule has 0 spiro atoms. The second-order valence-electron chi connectivity index (χ2n) is 3.35. The number of carboxylic acid groups (broad SMARTS) is 2. The molecule has 0 aromatic heterocycles. The van der Waals surface area contributed by atoms with Crippen LogP contribution in [0.3, 0.4) is 0 Å². The number of halogens is 2. The lowest BCUT2D eigenvalue weighted by Gasteiger charge is -2.11. The third kappa shape index (κ3) is 3.27. The number of hydrogen-bond donors (Lipinski definition) is 3. The van der Waals surface area contributed by atoms with Crippen LogP contribution in [0.25, 0.3) is 0 Å². The number of rotatable bonds is 4. The highest BCUT2D eigenvalue weighted by Crippen LogP contribution is 2.29. The van der Waals surface area contributed by atoms with E-state index in [0.717, 1.165) is 0 Å². The molecule has 0 saturated heterocycles. The highest BCUT2D eigenvalue weighted by Gasteiger charge is 2.19. The first kappa shape index (κ1) is 14.1. The van der Waals surface area contributed by atoms with Gasteiger partial charge in [0.25, 0.3) is 0 Å². The molecule has 0 bridgehead atoms. The van der Waals surface area contributed by atoms with E-state index in [2.05, 4.69) is 31.9 Å². The van der Waals surface area contributed by atoms with Gasteiger partial charge in [-0.05, 0) is 49.9 Å². The van der Waals surface area contributed by atoms with Crippen LogP contribution in [0.15, 0.2) is 21.1 Å². The fraction of sp³-hybridized carbons (Fsp3) is 0.200. The molecule has 4 N–H and O–H groups in total. The number of benzene rings is 1. The molecule has 0 aliphatic heterocycles. The average molecular weight is 367 g/mol. The first-order valence-corrected chi connectivity index (χ1v) is 6.11. The lowest BCUT2D eigenvalue weighted by Crippen LogP contribution is -2.32. The van der Waals surface area contributed by atoms with Gasteiger partial charge in [0, 0.05) is 8.95 Å². The molecule has 0 aliphatic rings. The van der Waals surface area contributed by atoms with Crippen molar-refractivity contribution in [3.8, 4) is 0 Å². The van der Waals surface area contributed by atoms with Crippen molar-refractivity contribution < 1.29 is 19.8 Å². The molecule has 0 aliphatic carbocycles. The minimum atomic E-state index is -1.13. The summed E-state index contributed by atoms with van der Waals surface area (Å²) in [5.74, 6) is -2.23. The summed E-state index contributed by atoms with van der Waals surface area (Å²) in [5, 5.41) is 17.7. The van der Waals surface area contributed by atoms with Crippen molar-refractivity contribution in [1.82, 2.24) is 0 Å². The molecule has 1 unspecified atom stereocenters. The fourth-order valence-corrected chi connectivity index (χ4v) is 2.72. The van der Waals surface area contributed by atoms with Gasteiger partial charge in [0.15, 0.2) is 0 Å². The number of aromatic carboxylic acids is 1. The van der Waals surface area contributed by atoms with Gasteiger partial charge in [0.2, 0.25) is 0 Å². The summed E-state index contributed by atoms with van der Waals surface area (Å²) in [6.45, 7) is 0. The minimum Gasteiger partial charge on any atom is -0.480 e. The van der Waals surface area contributed by atoms with Crippen LogP contribution in [-0.4, -0.2) is 28.2 Å². The second-order valence-corrected chi connectivity index (χ2v) is 5.00. The summed E-state index contributed by atoms with van der Waals surface area (Å²) >= 11 is 6.27. The SMILES string of the molecule is NC(Cc1ccc(Br)c(C(=O)O)c1Br)C(=O)O. The maximum atomic E-state index is 11.0. The van der Waals surface area contributed by atoms with Crippen molar-refractivity contribution in [2.45, 2.75) is 12.5 Å². The van der Waals surface area contributed by atoms with E-state index in [1.54, 1.807) is 12.1 Å². The van der Waals surface area contributed by atoms with Crippen LogP contribution in [-0.2, 0) is 11.2 Å². The van der Waals surface area contributed by atoms with E-state index >= 15 is 0 Å². The zero-order chi connectivity index (χ0) is 13.2. The van der Waals surface area contributed by atoms with E-state index in [0.29, 0.717) is 14.5 Å². The largest absolute Gasteiger partial charge is 0.480 e. The van der Waals surface area contributed by atoms with Crippen molar-refractivity contribution in [3.05, 3.63) is 32.2 Å². The lowest BCUT2D eigenvalue weighted by molar-refractivity contribution is -0.138. The standard InChI is InChI=1S/C10H9Br2NO4/c11-5-2-1-4(3-6(13)9(14)15)8(12)7(5)10(16)17/h1-2,6H,3,13H2,(H,14,15)(H,16,17). The molecule has 0 fully saturated rings. The topological polar surface area (TPSA) is 101 Å². The van der Waals surface area contributed by atoms with Crippen molar-refractivity contribution in [2.24, 2.45) is 5.73 Å². The van der Waals surface area contributed by atoms with Gasteiger partial charge in [-0.25, -0.2) is 4.79 Å². The minimum absolute atomic E-state index is 0.0556. The van der Waals surface area contributed by atoms with Crippen molar-refractivity contribution in [2.75, 3.05) is 0 Å². The molecular weight excluding hydrogens is 358 g/mol. The Kier molecular flexibility index (Phi) is 4.67. The number of carboxylic acids is 2. The normalized spacial score (nSPS) is 12.2. The number of nitrogens with two attached hydrogens (primary N) is 1. The average Bonchev–Trinajstić information content (AvgIpc) is 2.21. The number of carbonyl (C=O) groups is 2. The van der Waals surface area contributed by atoms with Gasteiger partial charge < -0.3 is 15.9 Å². The summed E-state index contributed by atoms with van der Waals surface area (Å²) in [4.78, 5) is 21.6. The number of aliphatic carboxylic acids is 1. The van der Waals surface area contributed by atoms with E-state index < -0.39 is 18.0 Å². The Morgan fingerprint density at radius 2 is 1.88 bits per heavy atom. The zero-order valence-corrected chi connectivity index (χ0v) is 11.7. The fourth-order valence-electron chi connectivity index (χ4n) is 1.27. The van der Waals surface area contributed by atoms with Gasteiger partial charge >= 0.3 is 11.9 Å². The second kappa shape index (κ2) is 5.61. The Bertz CT molecular complexity index is 476. The maximum Gasteiger partial charge on any atom is 0.338 e. The molecule has 7 heteroatoms. The first-order valence-electron chi connectivity index (χ1n) is 4.53. The smallest absolute Gasteiger partial charge is 0.338 e. The molecule has 1 rings (SSSR count). The van der Waals surface area contributed by atoms with Gasteiger partial charge in [0.05, 0.1) is 5.56 Å². The molecule has 1 aromatic rings. The molecule has 5 nitrogen and oxygen atoms in total. The maximum absolute atomic E-state index is 11.0. The van der Waals surface area contributed by atoms with Gasteiger partial charge in [0.1, 0.15) is 6.04 Å². The van der Waals surface area contributed by atoms with E-state index in [4.69, 9.17) is 15.9 Å². The van der Waals surface area contributed by atoms with Crippen LogP contribution < -0.4 is 5.73 Å². The van der Waals surface area contributed by atoms with E-state index in [1.807, 2.05) is 0 Å². The van der Waals surface area contributed by atoms with Crippen LogP contribution in [0.2, 0.25) is 0 Å². The molecule has 0 saturated carbocycles. The summed E-state index contributed by atoms with van der Waals surface area (Å²) in [6.07, 6.45) is 0.0590. The Hall–Kier alpha value is -0.920. The molecule has 0 radical (unpaired) electrons. The zero-order valence-electron chi connectivity index (χ0n) is 8.48. The lowest BCUT2D eigenvalue weighted by atomic mass is 10.0. The highest BCUT2D eigenvalue weighted by atomic mass is 79.9. The van der Waals surface area contributed by atoms with Crippen LogP contribution in [0.5, 0.6) is 0 Å². The molecule has 1 aromatic carbocycles. The summed E-state index contributed by atoms with van der Waals surface area (Å²) < 4.78 is 0.764.